The molecule has 0 aromatic carbocycles. The fourth-order valence-corrected chi connectivity index (χ4v) is 6.46. The highest BCUT2D eigenvalue weighted by molar-refractivity contribution is 7.88. The van der Waals surface area contributed by atoms with Gasteiger partial charge in [0, 0.05) is 41.3 Å². The standard InChI is InChI=1S/C18H26N4O3S/c1-11-7-18(5-6-22(11)26(4,24)25)12-10-19-21-16(12)20-13-8-17(2,3)9-14(23)15(13)18/h10-11,16,20H,5-9H2,1-4H3/t11-,16?,18-/m0/s1. The summed E-state index contributed by atoms with van der Waals surface area (Å²) in [5, 5.41) is 11.9. The molecule has 0 aromatic rings. The number of nitrogens with zero attached hydrogens (tertiary/aromatic N) is 3. The second kappa shape index (κ2) is 5.48. The first kappa shape index (κ1) is 17.9. The minimum Gasteiger partial charge on any atom is -0.362 e. The molecule has 1 saturated heterocycles. The predicted molar refractivity (Wildman–Crippen MR) is 97.6 cm³/mol. The number of carbonyl (C=O) groups is 1. The van der Waals surface area contributed by atoms with Gasteiger partial charge in [-0.15, -0.1) is 0 Å². The Labute approximate surface area is 154 Å². The Bertz CT molecular complexity index is 871. The summed E-state index contributed by atoms with van der Waals surface area (Å²) in [6, 6.07) is -0.171. The maximum Gasteiger partial charge on any atom is 0.211 e. The van der Waals surface area contributed by atoms with Crippen molar-refractivity contribution >= 4 is 15.8 Å². The molecule has 7 nitrogen and oxygen atoms in total. The van der Waals surface area contributed by atoms with Crippen molar-refractivity contribution < 1.29 is 13.2 Å². The molecule has 0 bridgehead atoms. The fraction of sp³-hybridized carbons (Fsp3) is 0.722. The molecule has 0 radical (unpaired) electrons. The Morgan fingerprint density at radius 1 is 1.31 bits per heavy atom. The molecule has 3 aliphatic heterocycles. The first-order chi connectivity index (χ1) is 12.0. The monoisotopic (exact) mass is 378 g/mol. The number of rotatable bonds is 1. The van der Waals surface area contributed by atoms with Crippen LogP contribution in [0.4, 0.5) is 0 Å². The van der Waals surface area contributed by atoms with Gasteiger partial charge in [0.2, 0.25) is 10.0 Å². The maximum atomic E-state index is 13.2. The lowest BCUT2D eigenvalue weighted by atomic mass is 9.58. The van der Waals surface area contributed by atoms with Crippen molar-refractivity contribution in [3.8, 4) is 0 Å². The molecule has 3 heterocycles. The number of sulfonamides is 1. The minimum atomic E-state index is -3.26. The summed E-state index contributed by atoms with van der Waals surface area (Å²) in [6.45, 7) is 6.57. The summed E-state index contributed by atoms with van der Waals surface area (Å²) in [4.78, 5) is 13.2. The highest BCUT2D eigenvalue weighted by Crippen LogP contribution is 2.56. The molecule has 4 aliphatic rings. The van der Waals surface area contributed by atoms with Crippen molar-refractivity contribution in [3.05, 3.63) is 23.0 Å². The lowest BCUT2D eigenvalue weighted by Crippen LogP contribution is -2.56. The van der Waals surface area contributed by atoms with Crippen LogP contribution in [-0.2, 0) is 14.8 Å². The van der Waals surface area contributed by atoms with Crippen molar-refractivity contribution in [2.24, 2.45) is 21.1 Å². The number of fused-ring (bicyclic) bond motifs is 3. The van der Waals surface area contributed by atoms with E-state index in [-0.39, 0.29) is 23.4 Å². The van der Waals surface area contributed by atoms with Gasteiger partial charge in [-0.3, -0.25) is 4.79 Å². The van der Waals surface area contributed by atoms with Crippen LogP contribution in [0, 0.1) is 10.8 Å². The Kier molecular flexibility index (Phi) is 3.76. The number of carbonyl (C=O) groups excluding carboxylic acids is 1. The average Bonchev–Trinajstić information content (AvgIpc) is 2.92. The third kappa shape index (κ3) is 2.57. The van der Waals surface area contributed by atoms with Gasteiger partial charge in [0.1, 0.15) is 0 Å². The van der Waals surface area contributed by atoms with E-state index >= 15 is 0 Å². The Morgan fingerprint density at radius 3 is 2.69 bits per heavy atom. The fourth-order valence-electron chi connectivity index (χ4n) is 5.31. The van der Waals surface area contributed by atoms with Crippen LogP contribution in [0.5, 0.6) is 0 Å². The highest BCUT2D eigenvalue weighted by Gasteiger charge is 2.55. The maximum absolute atomic E-state index is 13.2. The number of allylic oxidation sites excluding steroid dienone is 2. The molecule has 8 heteroatoms. The summed E-state index contributed by atoms with van der Waals surface area (Å²) in [5.41, 5.74) is 2.31. The third-order valence-electron chi connectivity index (χ3n) is 6.21. The molecule has 0 saturated carbocycles. The van der Waals surface area contributed by atoms with E-state index in [0.717, 1.165) is 23.3 Å². The second-order valence-electron chi connectivity index (χ2n) is 8.92. The van der Waals surface area contributed by atoms with Gasteiger partial charge in [-0.05, 0) is 31.6 Å². The van der Waals surface area contributed by atoms with Crippen LogP contribution < -0.4 is 5.32 Å². The summed E-state index contributed by atoms with van der Waals surface area (Å²) in [5.74, 6) is 0.176. The summed E-state index contributed by atoms with van der Waals surface area (Å²) >= 11 is 0. The Hall–Kier alpha value is -1.54. The predicted octanol–water partition coefficient (Wildman–Crippen LogP) is 2.34. The molecular formula is C18H26N4O3S. The van der Waals surface area contributed by atoms with Gasteiger partial charge in [-0.2, -0.15) is 14.5 Å². The number of azo groups is 1. The van der Waals surface area contributed by atoms with E-state index in [0.29, 0.717) is 25.8 Å². The zero-order valence-electron chi connectivity index (χ0n) is 15.7. The summed E-state index contributed by atoms with van der Waals surface area (Å²) < 4.78 is 25.8. The number of hydrogen-bond acceptors (Lipinski definition) is 6. The molecule has 1 N–H and O–H groups in total. The zero-order chi connectivity index (χ0) is 18.9. The van der Waals surface area contributed by atoms with Crippen LogP contribution in [0.15, 0.2) is 33.3 Å². The number of Topliss-reactive ketones (excluding diaryl/α,β-unsaturated/α-hetero) is 1. The molecule has 1 spiro atoms. The molecule has 1 aliphatic carbocycles. The quantitative estimate of drug-likeness (QED) is 0.758. The van der Waals surface area contributed by atoms with Gasteiger partial charge in [0.05, 0.1) is 12.5 Å². The Balaban J connectivity index is 1.82. The van der Waals surface area contributed by atoms with Gasteiger partial charge >= 0.3 is 0 Å². The van der Waals surface area contributed by atoms with E-state index in [1.54, 1.807) is 10.5 Å². The van der Waals surface area contributed by atoms with Crippen molar-refractivity contribution in [2.75, 3.05) is 12.8 Å². The summed E-state index contributed by atoms with van der Waals surface area (Å²) in [6.07, 6.45) is 5.32. The van der Waals surface area contributed by atoms with E-state index in [2.05, 4.69) is 29.4 Å². The number of hydrogen-bond donors (Lipinski definition) is 1. The number of piperidine rings is 1. The van der Waals surface area contributed by atoms with Gasteiger partial charge < -0.3 is 5.32 Å². The van der Waals surface area contributed by atoms with Crippen molar-refractivity contribution in [2.45, 2.75) is 58.7 Å². The van der Waals surface area contributed by atoms with E-state index in [9.17, 15) is 13.2 Å². The molecule has 3 atom stereocenters. The van der Waals surface area contributed by atoms with Crippen LogP contribution in [-0.4, -0.2) is 43.5 Å². The Morgan fingerprint density at radius 2 is 2.04 bits per heavy atom. The van der Waals surface area contributed by atoms with Crippen LogP contribution in [0.2, 0.25) is 0 Å². The van der Waals surface area contributed by atoms with Crippen LogP contribution in [0.3, 0.4) is 0 Å². The molecule has 0 aromatic heterocycles. The van der Waals surface area contributed by atoms with Gasteiger partial charge in [-0.25, -0.2) is 8.42 Å². The normalized spacial score (nSPS) is 36.6. The van der Waals surface area contributed by atoms with E-state index in [1.807, 2.05) is 6.92 Å². The van der Waals surface area contributed by atoms with Crippen molar-refractivity contribution in [3.63, 3.8) is 0 Å². The SMILES string of the molecule is C[C@H]1C[C@@]2(CCN1S(C)(=O)=O)C1=CN=NC1NC1=C2C(=O)CC(C)(C)C1. The van der Waals surface area contributed by atoms with Crippen molar-refractivity contribution in [1.82, 2.24) is 9.62 Å². The highest BCUT2D eigenvalue weighted by atomic mass is 32.2. The minimum absolute atomic E-state index is 0.0832. The first-order valence-electron chi connectivity index (χ1n) is 9.14. The number of nitrogens with one attached hydrogen (secondary N) is 1. The molecule has 1 fully saturated rings. The average molecular weight is 378 g/mol. The molecule has 142 valence electrons. The third-order valence-corrected chi connectivity index (χ3v) is 7.61. The van der Waals surface area contributed by atoms with Gasteiger partial charge in [0.25, 0.3) is 0 Å². The van der Waals surface area contributed by atoms with Crippen LogP contribution in [0.1, 0.15) is 46.5 Å². The largest absolute Gasteiger partial charge is 0.362 e. The lowest BCUT2D eigenvalue weighted by molar-refractivity contribution is -0.119. The molecule has 1 unspecified atom stereocenters. The van der Waals surface area contributed by atoms with E-state index < -0.39 is 15.4 Å². The van der Waals surface area contributed by atoms with E-state index in [4.69, 9.17) is 0 Å². The molecule has 26 heavy (non-hydrogen) atoms. The van der Waals surface area contributed by atoms with Crippen LogP contribution >= 0.6 is 0 Å². The zero-order valence-corrected chi connectivity index (χ0v) is 16.6. The first-order valence-corrected chi connectivity index (χ1v) is 11.0. The van der Waals surface area contributed by atoms with E-state index in [1.165, 1.54) is 6.26 Å². The molecular weight excluding hydrogens is 352 g/mol. The molecule has 0 amide bonds. The molecule has 4 rings (SSSR count). The number of ketones is 1. The topological polar surface area (TPSA) is 91.2 Å². The van der Waals surface area contributed by atoms with Crippen molar-refractivity contribution in [1.29, 1.82) is 0 Å². The second-order valence-corrected chi connectivity index (χ2v) is 10.9. The lowest BCUT2D eigenvalue weighted by Gasteiger charge is -2.52. The van der Waals surface area contributed by atoms with Gasteiger partial charge in [0.15, 0.2) is 11.9 Å². The van der Waals surface area contributed by atoms with Crippen LogP contribution in [0.25, 0.3) is 0 Å². The summed E-state index contributed by atoms with van der Waals surface area (Å²) in [7, 11) is -3.26. The smallest absolute Gasteiger partial charge is 0.211 e. The van der Waals surface area contributed by atoms with Gasteiger partial charge in [-0.1, -0.05) is 13.8 Å².